The van der Waals surface area contributed by atoms with Gasteiger partial charge in [0.1, 0.15) is 5.60 Å². The van der Waals surface area contributed by atoms with Crippen molar-refractivity contribution in [2.45, 2.75) is 45.3 Å². The summed E-state index contributed by atoms with van der Waals surface area (Å²) in [7, 11) is 0. The van der Waals surface area contributed by atoms with Crippen LogP contribution in [0.25, 0.3) is 0 Å². The Morgan fingerprint density at radius 2 is 2.17 bits per heavy atom. The Balaban J connectivity index is 2.16. The molecule has 3 nitrogen and oxygen atoms in total. The predicted octanol–water partition coefficient (Wildman–Crippen LogP) is 2.01. The topological polar surface area (TPSA) is 46.5 Å². The molecule has 1 spiro atoms. The van der Waals surface area contributed by atoms with E-state index in [1.54, 1.807) is 6.08 Å². The van der Waals surface area contributed by atoms with Gasteiger partial charge in [0.15, 0.2) is 5.78 Å². The highest BCUT2D eigenvalue weighted by atomic mass is 16.5. The maximum Gasteiger partial charge on any atom is 0.187 e. The van der Waals surface area contributed by atoms with E-state index in [1.165, 1.54) is 0 Å². The highest BCUT2D eigenvalue weighted by Gasteiger charge is 2.68. The van der Waals surface area contributed by atoms with Gasteiger partial charge in [-0.3, -0.25) is 4.79 Å². The lowest BCUT2D eigenvalue weighted by molar-refractivity contribution is -0.153. The average Bonchev–Trinajstić information content (AvgIpc) is 2.58. The molecule has 0 amide bonds. The molecule has 1 heterocycles. The molecule has 3 aliphatic rings. The second-order valence-corrected chi connectivity index (χ2v) is 6.49. The van der Waals surface area contributed by atoms with Crippen LogP contribution in [0.15, 0.2) is 23.8 Å². The molecule has 0 aromatic carbocycles. The first-order valence-corrected chi connectivity index (χ1v) is 6.58. The molecule has 0 radical (unpaired) electrons. The Hall–Kier alpha value is -0.930. The van der Waals surface area contributed by atoms with Crippen LogP contribution in [0.2, 0.25) is 0 Å². The van der Waals surface area contributed by atoms with E-state index in [0.29, 0.717) is 0 Å². The Morgan fingerprint density at radius 3 is 2.83 bits per heavy atom. The standard InChI is InChI=1S/C15H20O3/c1-13(2)6-5-12(17)14(3)15(13)7-4-10(9-16)11(8-15)18-14/h4-6,11,16H,7-9H2,1-3H3/t11?,14-,15+/m0/s1. The quantitative estimate of drug-likeness (QED) is 0.722. The van der Waals surface area contributed by atoms with Crippen LogP contribution < -0.4 is 0 Å². The number of ether oxygens (including phenoxy) is 1. The molecule has 1 unspecified atom stereocenters. The number of carbonyl (C=O) groups is 1. The zero-order valence-electron chi connectivity index (χ0n) is 11.2. The Kier molecular flexibility index (Phi) is 2.25. The van der Waals surface area contributed by atoms with E-state index in [4.69, 9.17) is 4.74 Å². The first-order valence-electron chi connectivity index (χ1n) is 6.58. The monoisotopic (exact) mass is 248 g/mol. The lowest BCUT2D eigenvalue weighted by Gasteiger charge is -2.52. The van der Waals surface area contributed by atoms with Gasteiger partial charge < -0.3 is 9.84 Å². The number of rotatable bonds is 1. The molecule has 18 heavy (non-hydrogen) atoms. The zero-order valence-corrected chi connectivity index (χ0v) is 11.2. The van der Waals surface area contributed by atoms with Crippen molar-refractivity contribution in [3.05, 3.63) is 23.8 Å². The van der Waals surface area contributed by atoms with E-state index in [2.05, 4.69) is 19.9 Å². The summed E-state index contributed by atoms with van der Waals surface area (Å²) in [6, 6.07) is 0. The van der Waals surface area contributed by atoms with E-state index in [-0.39, 0.29) is 29.3 Å². The van der Waals surface area contributed by atoms with Gasteiger partial charge in [0, 0.05) is 5.41 Å². The second-order valence-electron chi connectivity index (χ2n) is 6.49. The molecule has 3 rings (SSSR count). The fourth-order valence-corrected chi connectivity index (χ4v) is 4.08. The zero-order chi connectivity index (χ0) is 13.2. The summed E-state index contributed by atoms with van der Waals surface area (Å²) in [6.07, 6.45) is 7.31. The van der Waals surface area contributed by atoms with Gasteiger partial charge in [-0.25, -0.2) is 0 Å². The molecule has 0 aromatic heterocycles. The molecule has 1 fully saturated rings. The molecule has 98 valence electrons. The molecule has 3 heteroatoms. The van der Waals surface area contributed by atoms with Crippen molar-refractivity contribution in [2.24, 2.45) is 10.8 Å². The second kappa shape index (κ2) is 3.34. The van der Waals surface area contributed by atoms with Gasteiger partial charge >= 0.3 is 0 Å². The summed E-state index contributed by atoms with van der Waals surface area (Å²) >= 11 is 0. The van der Waals surface area contributed by atoms with Crippen molar-refractivity contribution in [3.8, 4) is 0 Å². The summed E-state index contributed by atoms with van der Waals surface area (Å²) in [6.45, 7) is 6.31. The molecule has 0 saturated carbocycles. The molecule has 2 bridgehead atoms. The fourth-order valence-electron chi connectivity index (χ4n) is 4.08. The minimum atomic E-state index is -0.747. The number of aliphatic hydroxyl groups is 1. The molecular weight excluding hydrogens is 228 g/mol. The lowest BCUT2D eigenvalue weighted by Crippen LogP contribution is -2.57. The van der Waals surface area contributed by atoms with Crippen molar-refractivity contribution in [1.29, 1.82) is 0 Å². The first-order chi connectivity index (χ1) is 8.36. The van der Waals surface area contributed by atoms with Crippen molar-refractivity contribution >= 4 is 5.78 Å². The Labute approximate surface area is 108 Å². The highest BCUT2D eigenvalue weighted by molar-refractivity contribution is 5.99. The first kappa shape index (κ1) is 12.1. The number of hydrogen-bond donors (Lipinski definition) is 1. The van der Waals surface area contributed by atoms with Crippen molar-refractivity contribution in [2.75, 3.05) is 6.61 Å². The number of carbonyl (C=O) groups excluding carboxylic acids is 1. The summed E-state index contributed by atoms with van der Waals surface area (Å²) < 4.78 is 6.09. The third-order valence-electron chi connectivity index (χ3n) is 5.49. The summed E-state index contributed by atoms with van der Waals surface area (Å²) in [5, 5.41) is 9.37. The molecular formula is C15H20O3. The number of allylic oxidation sites excluding steroid dienone is 2. The molecule has 0 aromatic rings. The van der Waals surface area contributed by atoms with Crippen LogP contribution >= 0.6 is 0 Å². The van der Waals surface area contributed by atoms with Crippen LogP contribution in [0.4, 0.5) is 0 Å². The smallest absolute Gasteiger partial charge is 0.187 e. The van der Waals surface area contributed by atoms with E-state index in [0.717, 1.165) is 18.4 Å². The van der Waals surface area contributed by atoms with Gasteiger partial charge in [-0.15, -0.1) is 0 Å². The fraction of sp³-hybridized carbons (Fsp3) is 0.667. The maximum atomic E-state index is 12.3. The van der Waals surface area contributed by atoms with Gasteiger partial charge in [0.25, 0.3) is 0 Å². The van der Waals surface area contributed by atoms with Gasteiger partial charge in [-0.2, -0.15) is 0 Å². The van der Waals surface area contributed by atoms with Crippen LogP contribution in [0, 0.1) is 10.8 Å². The summed E-state index contributed by atoms with van der Waals surface area (Å²) in [5.41, 5.74) is -0.0553. The Bertz CT molecular complexity index is 474. The van der Waals surface area contributed by atoms with E-state index in [9.17, 15) is 9.90 Å². The minimum Gasteiger partial charge on any atom is -0.392 e. The third-order valence-corrected chi connectivity index (χ3v) is 5.49. The number of hydrogen-bond acceptors (Lipinski definition) is 3. The largest absolute Gasteiger partial charge is 0.392 e. The molecule has 1 saturated heterocycles. The highest BCUT2D eigenvalue weighted by Crippen LogP contribution is 2.64. The Morgan fingerprint density at radius 1 is 1.44 bits per heavy atom. The van der Waals surface area contributed by atoms with Crippen LogP contribution in [0.5, 0.6) is 0 Å². The molecule has 2 aliphatic carbocycles. The van der Waals surface area contributed by atoms with Crippen molar-refractivity contribution in [1.82, 2.24) is 0 Å². The predicted molar refractivity (Wildman–Crippen MR) is 68.0 cm³/mol. The van der Waals surface area contributed by atoms with Crippen LogP contribution in [0.3, 0.4) is 0 Å². The van der Waals surface area contributed by atoms with Gasteiger partial charge in [0.05, 0.1) is 12.7 Å². The molecule has 1 N–H and O–H groups in total. The van der Waals surface area contributed by atoms with Crippen LogP contribution in [-0.4, -0.2) is 29.2 Å². The minimum absolute atomic E-state index is 0.0267. The van der Waals surface area contributed by atoms with E-state index < -0.39 is 5.60 Å². The normalized spacial score (nSPS) is 44.8. The van der Waals surface area contributed by atoms with Gasteiger partial charge in [0.2, 0.25) is 0 Å². The van der Waals surface area contributed by atoms with Crippen LogP contribution in [0.1, 0.15) is 33.6 Å². The van der Waals surface area contributed by atoms with Gasteiger partial charge in [-0.1, -0.05) is 26.0 Å². The van der Waals surface area contributed by atoms with Gasteiger partial charge in [-0.05, 0) is 36.8 Å². The number of ketones is 1. The van der Waals surface area contributed by atoms with E-state index >= 15 is 0 Å². The van der Waals surface area contributed by atoms with Crippen molar-refractivity contribution in [3.63, 3.8) is 0 Å². The SMILES string of the molecule is CC1(C)C=CC(=O)[C@]2(C)OC3C[C@]12CC=C3CO. The summed E-state index contributed by atoms with van der Waals surface area (Å²) in [4.78, 5) is 12.3. The number of aliphatic hydroxyl groups excluding tert-OH is 1. The maximum absolute atomic E-state index is 12.3. The van der Waals surface area contributed by atoms with Crippen LogP contribution in [-0.2, 0) is 9.53 Å². The third kappa shape index (κ3) is 1.14. The summed E-state index contributed by atoms with van der Waals surface area (Å²) in [5.74, 6) is 0.0666. The molecule has 3 atom stereocenters. The molecule has 1 aliphatic heterocycles. The van der Waals surface area contributed by atoms with E-state index in [1.807, 2.05) is 13.0 Å². The average molecular weight is 248 g/mol. The van der Waals surface area contributed by atoms with Crippen molar-refractivity contribution < 1.29 is 14.6 Å². The number of fused-ring (bicyclic) bond motifs is 1. The lowest BCUT2D eigenvalue weighted by atomic mass is 9.50.